The van der Waals surface area contributed by atoms with Gasteiger partial charge in [-0.3, -0.25) is 0 Å². The lowest BCUT2D eigenvalue weighted by molar-refractivity contribution is 0.814. The first kappa shape index (κ1) is 12.6. The summed E-state index contributed by atoms with van der Waals surface area (Å²) in [6.45, 7) is 4.15. The molecule has 0 saturated carbocycles. The minimum absolute atomic E-state index is 0. The Labute approximate surface area is 102 Å². The molecular weight excluding hydrogens is 222 g/mol. The van der Waals surface area contributed by atoms with Crippen LogP contribution in [0.2, 0.25) is 0 Å². The number of hydrogen-bond donors (Lipinski definition) is 1. The van der Waals surface area contributed by atoms with Crippen LogP contribution in [0.25, 0.3) is 5.69 Å². The van der Waals surface area contributed by atoms with Crippen LogP contribution < -0.4 is 5.73 Å². The van der Waals surface area contributed by atoms with Crippen molar-refractivity contribution in [2.45, 2.75) is 20.3 Å². The lowest BCUT2D eigenvalue weighted by Gasteiger charge is -2.06. The van der Waals surface area contributed by atoms with Crippen molar-refractivity contribution in [2.75, 3.05) is 5.73 Å². The second kappa shape index (κ2) is 5.03. The minimum atomic E-state index is 0. The average Bonchev–Trinajstić information content (AvgIpc) is 2.59. The number of nitrogens with two attached hydrogens (primary N) is 1. The Morgan fingerprint density at radius 3 is 2.75 bits per heavy atom. The van der Waals surface area contributed by atoms with Gasteiger partial charge < -0.3 is 5.73 Å². The molecule has 2 aromatic rings. The molecule has 2 N–H and O–H groups in total. The van der Waals surface area contributed by atoms with Crippen molar-refractivity contribution in [3.63, 3.8) is 0 Å². The molecule has 0 aliphatic heterocycles. The zero-order chi connectivity index (χ0) is 10.8. The molecule has 16 heavy (non-hydrogen) atoms. The molecule has 1 aromatic heterocycles. The Balaban J connectivity index is 0.00000128. The average molecular weight is 238 g/mol. The van der Waals surface area contributed by atoms with Crippen molar-refractivity contribution in [3.8, 4) is 5.69 Å². The van der Waals surface area contributed by atoms with E-state index in [1.807, 2.05) is 16.8 Å². The quantitative estimate of drug-likeness (QED) is 0.873. The third-order valence-corrected chi connectivity index (χ3v) is 2.48. The number of halogens is 1. The summed E-state index contributed by atoms with van der Waals surface area (Å²) in [5.74, 6) is 0. The molecule has 4 heteroatoms. The molecule has 0 saturated heterocycles. The molecule has 0 spiro atoms. The van der Waals surface area contributed by atoms with Gasteiger partial charge >= 0.3 is 0 Å². The lowest BCUT2D eigenvalue weighted by Crippen LogP contribution is -2.02. The highest BCUT2D eigenvalue weighted by Crippen LogP contribution is 2.17. The van der Waals surface area contributed by atoms with Crippen molar-refractivity contribution >= 4 is 18.1 Å². The molecule has 0 unspecified atom stereocenters. The number of hydrogen-bond acceptors (Lipinski definition) is 2. The zero-order valence-electron chi connectivity index (χ0n) is 9.47. The summed E-state index contributed by atoms with van der Waals surface area (Å²) in [6, 6.07) is 8.24. The predicted octanol–water partition coefficient (Wildman–Crippen LogP) is 2.75. The Morgan fingerprint density at radius 1 is 1.38 bits per heavy atom. The summed E-state index contributed by atoms with van der Waals surface area (Å²) in [6.07, 6.45) is 2.60. The summed E-state index contributed by atoms with van der Waals surface area (Å²) in [7, 11) is 0. The topological polar surface area (TPSA) is 43.8 Å². The van der Waals surface area contributed by atoms with Crippen LogP contribution in [0.1, 0.15) is 18.2 Å². The maximum Gasteiger partial charge on any atom is 0.0737 e. The molecule has 0 aliphatic carbocycles. The number of nitrogen functional groups attached to an aromatic ring is 1. The SMILES string of the molecule is CCc1c(N)cnn1-c1cccc(C)c1.Cl. The van der Waals surface area contributed by atoms with E-state index in [1.54, 1.807) is 6.20 Å². The molecule has 0 bridgehead atoms. The van der Waals surface area contributed by atoms with Gasteiger partial charge in [0.15, 0.2) is 0 Å². The van der Waals surface area contributed by atoms with E-state index in [9.17, 15) is 0 Å². The van der Waals surface area contributed by atoms with Gasteiger partial charge in [-0.2, -0.15) is 5.10 Å². The number of nitrogens with zero attached hydrogens (tertiary/aromatic N) is 2. The van der Waals surface area contributed by atoms with E-state index in [-0.39, 0.29) is 12.4 Å². The van der Waals surface area contributed by atoms with Gasteiger partial charge in [-0.25, -0.2) is 4.68 Å². The van der Waals surface area contributed by atoms with Crippen LogP contribution in [-0.2, 0) is 6.42 Å². The highest BCUT2D eigenvalue weighted by molar-refractivity contribution is 5.85. The maximum absolute atomic E-state index is 5.84. The Morgan fingerprint density at radius 2 is 2.12 bits per heavy atom. The van der Waals surface area contributed by atoms with E-state index < -0.39 is 0 Å². The van der Waals surface area contributed by atoms with E-state index in [0.717, 1.165) is 23.5 Å². The number of rotatable bonds is 2. The second-order valence-electron chi connectivity index (χ2n) is 3.65. The second-order valence-corrected chi connectivity index (χ2v) is 3.65. The van der Waals surface area contributed by atoms with Crippen molar-refractivity contribution in [1.82, 2.24) is 9.78 Å². The first-order valence-electron chi connectivity index (χ1n) is 5.11. The van der Waals surface area contributed by atoms with Gasteiger partial charge in [-0.15, -0.1) is 12.4 Å². The third-order valence-electron chi connectivity index (χ3n) is 2.48. The zero-order valence-corrected chi connectivity index (χ0v) is 10.3. The molecule has 0 amide bonds. The normalized spacial score (nSPS) is 9.88. The molecule has 1 aromatic carbocycles. The standard InChI is InChI=1S/C12H15N3.ClH/c1-3-12-11(13)8-14-15(12)10-6-4-5-9(2)7-10;/h4-8H,3,13H2,1-2H3;1H. The van der Waals surface area contributed by atoms with Crippen LogP contribution in [0, 0.1) is 6.92 Å². The summed E-state index contributed by atoms with van der Waals surface area (Å²) in [5.41, 5.74) is 9.98. The molecule has 0 aliphatic rings. The molecular formula is C12H16ClN3. The highest BCUT2D eigenvalue weighted by atomic mass is 35.5. The number of aryl methyl sites for hydroxylation is 1. The van der Waals surface area contributed by atoms with Gasteiger partial charge in [-0.1, -0.05) is 19.1 Å². The smallest absolute Gasteiger partial charge is 0.0737 e. The first-order chi connectivity index (χ1) is 7.22. The van der Waals surface area contributed by atoms with E-state index in [0.29, 0.717) is 0 Å². The fraction of sp³-hybridized carbons (Fsp3) is 0.250. The van der Waals surface area contributed by atoms with E-state index in [2.05, 4.69) is 31.1 Å². The number of anilines is 1. The monoisotopic (exact) mass is 237 g/mol. The van der Waals surface area contributed by atoms with Crippen LogP contribution in [0.15, 0.2) is 30.5 Å². The van der Waals surface area contributed by atoms with Crippen LogP contribution in [0.3, 0.4) is 0 Å². The molecule has 0 atom stereocenters. The van der Waals surface area contributed by atoms with Crippen molar-refractivity contribution in [2.24, 2.45) is 0 Å². The van der Waals surface area contributed by atoms with Crippen LogP contribution >= 0.6 is 12.4 Å². The molecule has 0 radical (unpaired) electrons. The van der Waals surface area contributed by atoms with Crippen molar-refractivity contribution in [3.05, 3.63) is 41.7 Å². The van der Waals surface area contributed by atoms with Crippen molar-refractivity contribution < 1.29 is 0 Å². The molecule has 0 fully saturated rings. The fourth-order valence-electron chi connectivity index (χ4n) is 1.72. The number of aromatic nitrogens is 2. The van der Waals surface area contributed by atoms with Gasteiger partial charge in [0.2, 0.25) is 0 Å². The predicted molar refractivity (Wildman–Crippen MR) is 69.3 cm³/mol. The van der Waals surface area contributed by atoms with Crippen LogP contribution in [0.5, 0.6) is 0 Å². The summed E-state index contributed by atoms with van der Waals surface area (Å²) in [4.78, 5) is 0. The van der Waals surface area contributed by atoms with Gasteiger partial charge in [0.1, 0.15) is 0 Å². The Hall–Kier alpha value is -1.48. The molecule has 86 valence electrons. The lowest BCUT2D eigenvalue weighted by atomic mass is 10.2. The van der Waals surface area contributed by atoms with E-state index in [4.69, 9.17) is 5.73 Å². The molecule has 3 nitrogen and oxygen atoms in total. The molecule has 2 rings (SSSR count). The maximum atomic E-state index is 5.84. The van der Waals surface area contributed by atoms with Gasteiger partial charge in [0.25, 0.3) is 0 Å². The first-order valence-corrected chi connectivity index (χ1v) is 5.11. The third kappa shape index (κ3) is 2.19. The van der Waals surface area contributed by atoms with Gasteiger partial charge in [0, 0.05) is 0 Å². The van der Waals surface area contributed by atoms with E-state index in [1.165, 1.54) is 5.56 Å². The summed E-state index contributed by atoms with van der Waals surface area (Å²) in [5, 5.41) is 4.29. The fourth-order valence-corrected chi connectivity index (χ4v) is 1.72. The largest absolute Gasteiger partial charge is 0.396 e. The molecule has 1 heterocycles. The summed E-state index contributed by atoms with van der Waals surface area (Å²) >= 11 is 0. The minimum Gasteiger partial charge on any atom is -0.396 e. The summed E-state index contributed by atoms with van der Waals surface area (Å²) < 4.78 is 1.91. The Kier molecular flexibility index (Phi) is 3.96. The van der Waals surface area contributed by atoms with E-state index >= 15 is 0 Å². The van der Waals surface area contributed by atoms with Gasteiger partial charge in [0.05, 0.1) is 23.3 Å². The number of benzene rings is 1. The van der Waals surface area contributed by atoms with Crippen LogP contribution in [-0.4, -0.2) is 9.78 Å². The van der Waals surface area contributed by atoms with Crippen LogP contribution in [0.4, 0.5) is 5.69 Å². The van der Waals surface area contributed by atoms with Gasteiger partial charge in [-0.05, 0) is 31.0 Å². The Bertz CT molecular complexity index is 477. The van der Waals surface area contributed by atoms with Crippen molar-refractivity contribution in [1.29, 1.82) is 0 Å². The highest BCUT2D eigenvalue weighted by Gasteiger charge is 2.07.